The molecule has 1 fully saturated rings. The zero-order valence-electron chi connectivity index (χ0n) is 12.9. The number of hydrogen-bond acceptors (Lipinski definition) is 4. The Morgan fingerprint density at radius 1 is 1.50 bits per heavy atom. The molecule has 20 heavy (non-hydrogen) atoms. The van der Waals surface area contributed by atoms with Gasteiger partial charge in [-0.3, -0.25) is 0 Å². The largest absolute Gasteiger partial charge is 0.355 e. The van der Waals surface area contributed by atoms with E-state index in [0.29, 0.717) is 6.04 Å². The van der Waals surface area contributed by atoms with Gasteiger partial charge in [-0.2, -0.15) is 11.8 Å². The lowest BCUT2D eigenvalue weighted by Crippen LogP contribution is -2.38. The van der Waals surface area contributed by atoms with E-state index in [4.69, 9.17) is 0 Å². The Morgan fingerprint density at radius 3 is 3.10 bits per heavy atom. The van der Waals surface area contributed by atoms with Gasteiger partial charge in [-0.25, -0.2) is 4.98 Å². The first-order valence-electron chi connectivity index (χ1n) is 7.80. The molecule has 1 aromatic heterocycles. The molecular formula is C16H27N3S. The predicted molar refractivity (Wildman–Crippen MR) is 89.7 cm³/mol. The number of hydrogen-bond donors (Lipinski definition) is 1. The molecule has 4 heteroatoms. The lowest BCUT2D eigenvalue weighted by atomic mass is 10.1. The number of pyridine rings is 1. The standard InChI is InChI=1S/C16H27N3S/c1-4-7-17-13(3)14-6-8-18-16(11-14)19-9-10-20-15(5-2)12-19/h6,8,11,13,15,17H,4-5,7,9-10,12H2,1-3H3. The van der Waals surface area contributed by atoms with Gasteiger partial charge >= 0.3 is 0 Å². The SMILES string of the molecule is CCCNC(C)c1ccnc(N2CCSC(CC)C2)c1. The van der Waals surface area contributed by atoms with Crippen molar-refractivity contribution in [2.45, 2.75) is 44.9 Å². The first-order chi connectivity index (χ1) is 9.74. The fourth-order valence-electron chi connectivity index (χ4n) is 2.53. The van der Waals surface area contributed by atoms with Gasteiger partial charge in [-0.05, 0) is 44.0 Å². The van der Waals surface area contributed by atoms with Crippen LogP contribution in [-0.4, -0.2) is 35.6 Å². The van der Waals surface area contributed by atoms with Crippen LogP contribution < -0.4 is 10.2 Å². The van der Waals surface area contributed by atoms with E-state index in [1.165, 1.54) is 24.2 Å². The molecule has 0 spiro atoms. The van der Waals surface area contributed by atoms with Gasteiger partial charge in [0.15, 0.2) is 0 Å². The van der Waals surface area contributed by atoms with Crippen LogP contribution in [0.1, 0.15) is 45.2 Å². The first kappa shape index (κ1) is 15.6. The molecule has 0 radical (unpaired) electrons. The second-order valence-corrected chi connectivity index (χ2v) is 6.88. The van der Waals surface area contributed by atoms with Crippen LogP contribution in [0.15, 0.2) is 18.3 Å². The zero-order valence-corrected chi connectivity index (χ0v) is 13.7. The Kier molecular flexibility index (Phi) is 6.17. The molecule has 2 heterocycles. The third-order valence-electron chi connectivity index (χ3n) is 3.89. The molecule has 1 N–H and O–H groups in total. The van der Waals surface area contributed by atoms with E-state index in [1.807, 2.05) is 6.20 Å². The van der Waals surface area contributed by atoms with E-state index in [0.717, 1.165) is 30.7 Å². The van der Waals surface area contributed by atoms with E-state index < -0.39 is 0 Å². The molecule has 1 aromatic rings. The van der Waals surface area contributed by atoms with Crippen LogP contribution in [0.2, 0.25) is 0 Å². The molecule has 3 nitrogen and oxygen atoms in total. The molecule has 0 bridgehead atoms. The maximum absolute atomic E-state index is 4.58. The molecule has 2 atom stereocenters. The highest BCUT2D eigenvalue weighted by Crippen LogP contribution is 2.26. The monoisotopic (exact) mass is 293 g/mol. The summed E-state index contributed by atoms with van der Waals surface area (Å²) in [6.45, 7) is 10.0. The number of nitrogens with one attached hydrogen (secondary N) is 1. The summed E-state index contributed by atoms with van der Waals surface area (Å²) in [5.41, 5.74) is 1.34. The molecule has 1 aliphatic heterocycles. The molecule has 2 unspecified atom stereocenters. The van der Waals surface area contributed by atoms with Gasteiger partial charge in [-0.15, -0.1) is 0 Å². The van der Waals surface area contributed by atoms with Gasteiger partial charge in [0.1, 0.15) is 5.82 Å². The third-order valence-corrected chi connectivity index (χ3v) is 5.26. The van der Waals surface area contributed by atoms with Gasteiger partial charge in [-0.1, -0.05) is 13.8 Å². The Labute approximate surface area is 127 Å². The van der Waals surface area contributed by atoms with Crippen molar-refractivity contribution in [2.24, 2.45) is 0 Å². The van der Waals surface area contributed by atoms with Gasteiger partial charge in [0.25, 0.3) is 0 Å². The Hall–Kier alpha value is -0.740. The summed E-state index contributed by atoms with van der Waals surface area (Å²) in [6.07, 6.45) is 4.37. The zero-order chi connectivity index (χ0) is 14.4. The van der Waals surface area contributed by atoms with Gasteiger partial charge < -0.3 is 10.2 Å². The van der Waals surface area contributed by atoms with Crippen molar-refractivity contribution in [1.82, 2.24) is 10.3 Å². The van der Waals surface area contributed by atoms with Gasteiger partial charge in [0.05, 0.1) is 0 Å². The minimum atomic E-state index is 0.401. The summed E-state index contributed by atoms with van der Waals surface area (Å²) in [5, 5.41) is 4.30. The summed E-state index contributed by atoms with van der Waals surface area (Å²) in [4.78, 5) is 7.03. The average Bonchev–Trinajstić information content (AvgIpc) is 2.52. The number of aromatic nitrogens is 1. The molecule has 0 amide bonds. The first-order valence-corrected chi connectivity index (χ1v) is 8.85. The van der Waals surface area contributed by atoms with Gasteiger partial charge in [0, 0.05) is 36.3 Å². The highest BCUT2D eigenvalue weighted by Gasteiger charge is 2.20. The molecule has 0 aliphatic carbocycles. The summed E-state index contributed by atoms with van der Waals surface area (Å²) in [5.74, 6) is 2.36. The van der Waals surface area contributed by atoms with E-state index in [-0.39, 0.29) is 0 Å². The van der Waals surface area contributed by atoms with Crippen LogP contribution in [0.3, 0.4) is 0 Å². The number of thioether (sulfide) groups is 1. The summed E-state index contributed by atoms with van der Waals surface area (Å²) >= 11 is 2.10. The second-order valence-electron chi connectivity index (χ2n) is 5.47. The molecule has 0 aromatic carbocycles. The van der Waals surface area contributed by atoms with Crippen LogP contribution in [0.25, 0.3) is 0 Å². The van der Waals surface area contributed by atoms with Crippen LogP contribution >= 0.6 is 11.8 Å². The van der Waals surface area contributed by atoms with Crippen LogP contribution in [0, 0.1) is 0 Å². The Morgan fingerprint density at radius 2 is 2.35 bits per heavy atom. The number of anilines is 1. The van der Waals surface area contributed by atoms with E-state index in [2.05, 4.69) is 59.9 Å². The summed E-state index contributed by atoms with van der Waals surface area (Å²) in [7, 11) is 0. The molecule has 112 valence electrons. The van der Waals surface area contributed by atoms with Crippen molar-refractivity contribution in [3.05, 3.63) is 23.9 Å². The van der Waals surface area contributed by atoms with Gasteiger partial charge in [0.2, 0.25) is 0 Å². The van der Waals surface area contributed by atoms with Crippen molar-refractivity contribution in [2.75, 3.05) is 30.3 Å². The topological polar surface area (TPSA) is 28.2 Å². The lowest BCUT2D eigenvalue weighted by Gasteiger charge is -2.33. The molecule has 1 aliphatic rings. The quantitative estimate of drug-likeness (QED) is 0.869. The molecule has 1 saturated heterocycles. The van der Waals surface area contributed by atoms with E-state index in [1.54, 1.807) is 0 Å². The molecular weight excluding hydrogens is 266 g/mol. The van der Waals surface area contributed by atoms with Crippen molar-refractivity contribution < 1.29 is 0 Å². The highest BCUT2D eigenvalue weighted by molar-refractivity contribution is 8.00. The summed E-state index contributed by atoms with van der Waals surface area (Å²) in [6, 6.07) is 4.79. The van der Waals surface area contributed by atoms with Crippen molar-refractivity contribution in [3.63, 3.8) is 0 Å². The van der Waals surface area contributed by atoms with Crippen LogP contribution in [0.5, 0.6) is 0 Å². The van der Waals surface area contributed by atoms with E-state index >= 15 is 0 Å². The minimum Gasteiger partial charge on any atom is -0.355 e. The van der Waals surface area contributed by atoms with Crippen molar-refractivity contribution >= 4 is 17.6 Å². The van der Waals surface area contributed by atoms with Crippen LogP contribution in [0.4, 0.5) is 5.82 Å². The fraction of sp³-hybridized carbons (Fsp3) is 0.688. The maximum atomic E-state index is 4.58. The van der Waals surface area contributed by atoms with Crippen molar-refractivity contribution in [3.8, 4) is 0 Å². The average molecular weight is 293 g/mol. The van der Waals surface area contributed by atoms with Crippen LogP contribution in [-0.2, 0) is 0 Å². The third kappa shape index (κ3) is 4.13. The van der Waals surface area contributed by atoms with E-state index in [9.17, 15) is 0 Å². The maximum Gasteiger partial charge on any atom is 0.128 e. The van der Waals surface area contributed by atoms with Crippen molar-refractivity contribution in [1.29, 1.82) is 0 Å². The normalized spacial score (nSPS) is 20.9. The number of rotatable bonds is 6. The second kappa shape index (κ2) is 7.89. The number of nitrogens with zero attached hydrogens (tertiary/aromatic N) is 2. The minimum absolute atomic E-state index is 0.401. The lowest BCUT2D eigenvalue weighted by molar-refractivity contribution is 0.570. The molecule has 0 saturated carbocycles. The fourth-order valence-corrected chi connectivity index (χ4v) is 3.71. The smallest absolute Gasteiger partial charge is 0.128 e. The summed E-state index contributed by atoms with van der Waals surface area (Å²) < 4.78 is 0. The predicted octanol–water partition coefficient (Wildman–Crippen LogP) is 3.47. The Bertz CT molecular complexity index is 410. The Balaban J connectivity index is 2.05. The molecule has 2 rings (SSSR count). The highest BCUT2D eigenvalue weighted by atomic mass is 32.2.